The fraction of sp³-hybridized carbons (Fsp3) is 0.647. The molecular formula is C17H25ClN2O. The summed E-state index contributed by atoms with van der Waals surface area (Å²) in [6.45, 7) is 5.04. The molecule has 0 aromatic heterocycles. The van der Waals surface area contributed by atoms with Gasteiger partial charge in [0.25, 0.3) is 0 Å². The van der Waals surface area contributed by atoms with Crippen LogP contribution in [0.2, 0.25) is 5.02 Å². The fourth-order valence-corrected chi connectivity index (χ4v) is 3.16. The molecule has 4 heteroatoms. The molecule has 1 aliphatic heterocycles. The molecule has 0 radical (unpaired) electrons. The Labute approximate surface area is 132 Å². The minimum atomic E-state index is 0.687. The molecule has 3 rings (SSSR count). The maximum absolute atomic E-state index is 6.32. The topological polar surface area (TPSA) is 38.5 Å². The summed E-state index contributed by atoms with van der Waals surface area (Å²) >= 11 is 6.32. The Balaban J connectivity index is 1.48. The van der Waals surface area contributed by atoms with Gasteiger partial charge in [-0.3, -0.25) is 0 Å². The molecule has 1 saturated heterocycles. The number of halogens is 1. The summed E-state index contributed by atoms with van der Waals surface area (Å²) < 4.78 is 5.77. The molecule has 0 unspecified atom stereocenters. The first kappa shape index (κ1) is 15.1. The van der Waals surface area contributed by atoms with E-state index < -0.39 is 0 Å². The van der Waals surface area contributed by atoms with Crippen LogP contribution in [0.25, 0.3) is 0 Å². The molecule has 3 nitrogen and oxygen atoms in total. The Bertz CT molecular complexity index is 476. The van der Waals surface area contributed by atoms with E-state index in [2.05, 4.69) is 17.0 Å². The van der Waals surface area contributed by atoms with Crippen molar-refractivity contribution in [1.82, 2.24) is 4.90 Å². The van der Waals surface area contributed by atoms with Gasteiger partial charge in [0, 0.05) is 13.1 Å². The minimum Gasteiger partial charge on any atom is -0.492 e. The largest absolute Gasteiger partial charge is 0.492 e. The molecule has 0 amide bonds. The van der Waals surface area contributed by atoms with E-state index in [1.54, 1.807) is 0 Å². The second kappa shape index (κ2) is 6.99. The molecule has 2 fully saturated rings. The lowest BCUT2D eigenvalue weighted by Gasteiger charge is -2.16. The summed E-state index contributed by atoms with van der Waals surface area (Å²) in [5, 5.41) is 0.745. The van der Waals surface area contributed by atoms with Crippen molar-refractivity contribution in [2.45, 2.75) is 25.7 Å². The summed E-state index contributed by atoms with van der Waals surface area (Å²) in [7, 11) is 0. The number of hydrogen-bond donors (Lipinski definition) is 1. The van der Waals surface area contributed by atoms with Gasteiger partial charge in [-0.15, -0.1) is 0 Å². The number of ether oxygens (including phenoxy) is 1. The third-order valence-electron chi connectivity index (χ3n) is 4.59. The maximum Gasteiger partial charge on any atom is 0.137 e. The number of nitrogens with two attached hydrogens (primary N) is 1. The van der Waals surface area contributed by atoms with Crippen LogP contribution in [0.4, 0.5) is 0 Å². The second-order valence-corrected chi connectivity index (χ2v) is 6.87. The van der Waals surface area contributed by atoms with Crippen molar-refractivity contribution in [2.75, 3.05) is 32.8 Å². The van der Waals surface area contributed by atoms with E-state index in [0.29, 0.717) is 5.92 Å². The Morgan fingerprint density at radius 1 is 1.24 bits per heavy atom. The van der Waals surface area contributed by atoms with Crippen molar-refractivity contribution < 1.29 is 4.74 Å². The number of hydrogen-bond acceptors (Lipinski definition) is 3. The van der Waals surface area contributed by atoms with Gasteiger partial charge in [0.1, 0.15) is 5.75 Å². The van der Waals surface area contributed by atoms with Gasteiger partial charge in [0.15, 0.2) is 0 Å². The summed E-state index contributed by atoms with van der Waals surface area (Å²) in [6.07, 6.45) is 4.88. The number of nitrogens with zero attached hydrogens (tertiary/aromatic N) is 1. The Morgan fingerprint density at radius 3 is 2.76 bits per heavy atom. The first-order valence-electron chi connectivity index (χ1n) is 8.08. The van der Waals surface area contributed by atoms with Crippen LogP contribution < -0.4 is 10.5 Å². The highest BCUT2D eigenvalue weighted by Gasteiger charge is 2.22. The molecule has 116 valence electrons. The molecule has 0 bridgehead atoms. The summed E-state index contributed by atoms with van der Waals surface area (Å²) in [5.41, 5.74) is 7.02. The van der Waals surface area contributed by atoms with Gasteiger partial charge in [0.05, 0.1) is 11.6 Å². The van der Waals surface area contributed by atoms with E-state index in [1.165, 1.54) is 31.4 Å². The van der Waals surface area contributed by atoms with Crippen molar-refractivity contribution in [3.8, 4) is 5.75 Å². The van der Waals surface area contributed by atoms with Gasteiger partial charge in [-0.2, -0.15) is 0 Å². The first-order chi connectivity index (χ1) is 10.2. The van der Waals surface area contributed by atoms with Crippen LogP contribution in [0.1, 0.15) is 24.8 Å². The first-order valence-corrected chi connectivity index (χ1v) is 8.46. The van der Waals surface area contributed by atoms with Crippen LogP contribution in [0.15, 0.2) is 18.2 Å². The van der Waals surface area contributed by atoms with E-state index in [-0.39, 0.29) is 0 Å². The molecule has 1 atom stereocenters. The average Bonchev–Trinajstić information content (AvgIpc) is 3.20. The Hall–Kier alpha value is -0.770. The van der Waals surface area contributed by atoms with Crippen LogP contribution in [0, 0.1) is 11.8 Å². The zero-order valence-corrected chi connectivity index (χ0v) is 13.3. The number of rotatable bonds is 7. The van der Waals surface area contributed by atoms with Crippen molar-refractivity contribution in [3.63, 3.8) is 0 Å². The summed E-state index contributed by atoms with van der Waals surface area (Å²) in [6, 6.07) is 6.22. The van der Waals surface area contributed by atoms with Crippen LogP contribution in [0.5, 0.6) is 5.75 Å². The summed E-state index contributed by atoms with van der Waals surface area (Å²) in [4.78, 5) is 2.50. The zero-order valence-electron chi connectivity index (χ0n) is 12.6. The monoisotopic (exact) mass is 308 g/mol. The van der Waals surface area contributed by atoms with E-state index in [9.17, 15) is 0 Å². The molecule has 2 aliphatic rings. The van der Waals surface area contributed by atoms with Crippen molar-refractivity contribution in [3.05, 3.63) is 28.8 Å². The Morgan fingerprint density at radius 2 is 2.10 bits per heavy atom. The van der Waals surface area contributed by atoms with Gasteiger partial charge in [-0.25, -0.2) is 0 Å². The van der Waals surface area contributed by atoms with Crippen LogP contribution in [-0.2, 0) is 6.42 Å². The molecule has 1 aromatic carbocycles. The highest BCUT2D eigenvalue weighted by Crippen LogP contribution is 2.32. The van der Waals surface area contributed by atoms with Crippen LogP contribution in [-0.4, -0.2) is 37.7 Å². The van der Waals surface area contributed by atoms with Gasteiger partial charge in [-0.1, -0.05) is 17.7 Å². The third-order valence-corrected chi connectivity index (χ3v) is 4.88. The van der Waals surface area contributed by atoms with Gasteiger partial charge in [-0.05, 0) is 68.3 Å². The fourth-order valence-electron chi connectivity index (χ4n) is 2.90. The van der Waals surface area contributed by atoms with Crippen molar-refractivity contribution in [1.29, 1.82) is 0 Å². The lowest BCUT2D eigenvalue weighted by atomic mass is 10.1. The molecule has 0 spiro atoms. The molecule has 1 saturated carbocycles. The number of benzene rings is 1. The predicted octanol–water partition coefficient (Wildman–Crippen LogP) is 2.95. The predicted molar refractivity (Wildman–Crippen MR) is 87.0 cm³/mol. The minimum absolute atomic E-state index is 0.687. The zero-order chi connectivity index (χ0) is 14.7. The van der Waals surface area contributed by atoms with Crippen molar-refractivity contribution in [2.24, 2.45) is 17.6 Å². The number of likely N-dealkylation sites (tertiary alicyclic amines) is 1. The molecule has 2 N–H and O–H groups in total. The van der Waals surface area contributed by atoms with Gasteiger partial charge in [0.2, 0.25) is 0 Å². The average molecular weight is 309 g/mol. The van der Waals surface area contributed by atoms with E-state index in [0.717, 1.165) is 49.4 Å². The third kappa shape index (κ3) is 4.35. The lowest BCUT2D eigenvalue weighted by molar-refractivity contribution is 0.299. The lowest BCUT2D eigenvalue weighted by Crippen LogP contribution is -2.25. The maximum atomic E-state index is 6.32. The molecular weight excluding hydrogens is 284 g/mol. The SMILES string of the molecule is NC[C@@H]1CCN(CCc2ccc(OCC3CC3)c(Cl)c2)C1. The Kier molecular flexibility index (Phi) is 5.04. The van der Waals surface area contributed by atoms with Crippen LogP contribution in [0.3, 0.4) is 0 Å². The normalized spacial score (nSPS) is 22.7. The molecule has 1 aromatic rings. The van der Waals surface area contributed by atoms with Crippen LogP contribution >= 0.6 is 11.6 Å². The van der Waals surface area contributed by atoms with Crippen molar-refractivity contribution >= 4 is 11.6 Å². The van der Waals surface area contributed by atoms with E-state index in [4.69, 9.17) is 22.1 Å². The molecule has 1 aliphatic carbocycles. The standard InChI is InChI=1S/C17H25ClN2O/c18-16-9-13(3-4-17(16)21-12-14-1-2-14)5-7-20-8-6-15(10-19)11-20/h3-4,9,14-15H,1-2,5-8,10-12,19H2/t15-/m0/s1. The molecule has 21 heavy (non-hydrogen) atoms. The highest BCUT2D eigenvalue weighted by atomic mass is 35.5. The smallest absolute Gasteiger partial charge is 0.137 e. The second-order valence-electron chi connectivity index (χ2n) is 6.46. The van der Waals surface area contributed by atoms with E-state index >= 15 is 0 Å². The molecule has 1 heterocycles. The summed E-state index contributed by atoms with van der Waals surface area (Å²) in [5.74, 6) is 2.27. The van der Waals surface area contributed by atoms with Gasteiger partial charge < -0.3 is 15.4 Å². The highest BCUT2D eigenvalue weighted by molar-refractivity contribution is 6.32. The van der Waals surface area contributed by atoms with E-state index in [1.807, 2.05) is 6.07 Å². The quantitative estimate of drug-likeness (QED) is 0.841. The van der Waals surface area contributed by atoms with Gasteiger partial charge >= 0.3 is 0 Å².